The van der Waals surface area contributed by atoms with Gasteiger partial charge in [0.1, 0.15) is 8.07 Å². The van der Waals surface area contributed by atoms with Crippen molar-refractivity contribution in [3.63, 3.8) is 0 Å². The number of hydrogen-bond acceptors (Lipinski definition) is 1. The summed E-state index contributed by atoms with van der Waals surface area (Å²) in [5.74, 6) is 0. The second-order valence-corrected chi connectivity index (χ2v) is 13.6. The summed E-state index contributed by atoms with van der Waals surface area (Å²) in [5, 5.41) is 9.21. The Labute approximate surface area is 89.9 Å². The second kappa shape index (κ2) is 5.48. The van der Waals surface area contributed by atoms with Gasteiger partial charge in [0.15, 0.2) is 0 Å². The third-order valence-corrected chi connectivity index (χ3v) is 9.16. The minimum absolute atomic E-state index is 0.364. The molecule has 0 aliphatic heterocycles. The smallest absolute Gasteiger partial charge is 0.124 e. The lowest BCUT2D eigenvalue weighted by Crippen LogP contribution is -2.36. The number of aliphatic hydroxyl groups excluding tert-OH is 1. The predicted molar refractivity (Wildman–Crippen MR) is 70.5 cm³/mol. The van der Waals surface area contributed by atoms with Crippen molar-refractivity contribution in [2.45, 2.75) is 25.2 Å². The molecule has 0 heterocycles. The molecule has 0 aromatic rings. The lowest BCUT2D eigenvalue weighted by atomic mass is 10.9. The molecule has 14 heavy (non-hydrogen) atoms. The van der Waals surface area contributed by atoms with E-state index in [9.17, 15) is 5.11 Å². The Morgan fingerprint density at radius 3 is 1.71 bits per heavy atom. The van der Waals surface area contributed by atoms with Crippen molar-refractivity contribution in [2.24, 2.45) is 0 Å². The highest BCUT2D eigenvalue weighted by Crippen LogP contribution is 2.22. The fourth-order valence-corrected chi connectivity index (χ4v) is 6.90. The van der Waals surface area contributed by atoms with E-state index in [0.29, 0.717) is 6.23 Å². The maximum atomic E-state index is 9.21. The molecule has 0 amide bonds. The molecule has 1 N–H and O–H groups in total. The lowest BCUT2D eigenvalue weighted by molar-refractivity contribution is 0.358. The van der Waals surface area contributed by atoms with E-state index >= 15 is 0 Å². The van der Waals surface area contributed by atoms with E-state index in [1.54, 1.807) is 0 Å². The zero-order chi connectivity index (χ0) is 11.2. The lowest BCUT2D eigenvalue weighted by Gasteiger charge is -2.25. The van der Waals surface area contributed by atoms with Crippen LogP contribution in [0.15, 0.2) is 36.8 Å². The summed E-state index contributed by atoms with van der Waals surface area (Å²) in [6, 6.07) is 2.23. The van der Waals surface area contributed by atoms with Crippen LogP contribution in [0, 0.1) is 0 Å². The minimum Gasteiger partial charge on any atom is -0.400 e. The molecule has 0 rings (SSSR count). The summed E-state index contributed by atoms with van der Waals surface area (Å²) in [6.07, 6.45) is 0.364. The van der Waals surface area contributed by atoms with Crippen molar-refractivity contribution >= 4 is 16.1 Å². The highest BCUT2D eigenvalue weighted by atomic mass is 28.3. The van der Waals surface area contributed by atoms with Crippen LogP contribution >= 0.6 is 0 Å². The molecule has 0 aliphatic carbocycles. The van der Waals surface area contributed by atoms with E-state index < -0.39 is 16.1 Å². The number of aliphatic hydroxyl groups is 1. The fourth-order valence-electron chi connectivity index (χ4n) is 1.19. The van der Waals surface area contributed by atoms with Gasteiger partial charge in [-0.25, -0.2) is 0 Å². The third-order valence-electron chi connectivity index (χ3n) is 2.80. The van der Waals surface area contributed by atoms with Crippen LogP contribution < -0.4 is 0 Å². The quantitative estimate of drug-likeness (QED) is 0.662. The Bertz CT molecular complexity index is 200. The van der Waals surface area contributed by atoms with Gasteiger partial charge in [0, 0.05) is 6.23 Å². The monoisotopic (exact) mass is 226 g/mol. The van der Waals surface area contributed by atoms with Gasteiger partial charge in [0.25, 0.3) is 0 Å². The molecule has 0 saturated heterocycles. The normalized spacial score (nSPS) is 12.2. The molecule has 0 unspecified atom stereocenters. The van der Waals surface area contributed by atoms with Crippen LogP contribution in [0.1, 0.15) is 0 Å². The van der Waals surface area contributed by atoms with E-state index in [1.807, 2.05) is 17.1 Å². The molecule has 0 saturated carbocycles. The van der Waals surface area contributed by atoms with Crippen LogP contribution in [0.25, 0.3) is 0 Å². The summed E-state index contributed by atoms with van der Waals surface area (Å²) in [7, 11) is -3.02. The molecule has 0 fully saturated rings. The van der Waals surface area contributed by atoms with E-state index in [2.05, 4.69) is 32.8 Å². The van der Waals surface area contributed by atoms with Crippen LogP contribution in [-0.2, 0) is 0 Å². The minimum atomic E-state index is -1.63. The topological polar surface area (TPSA) is 20.2 Å². The highest BCUT2D eigenvalue weighted by Gasteiger charge is 2.27. The molecule has 0 aromatic heterocycles. The molecule has 0 atom stereocenters. The van der Waals surface area contributed by atoms with Crippen molar-refractivity contribution in [3.05, 3.63) is 36.8 Å². The first kappa shape index (κ1) is 13.6. The van der Waals surface area contributed by atoms with Crippen molar-refractivity contribution in [2.75, 3.05) is 6.23 Å². The van der Waals surface area contributed by atoms with Gasteiger partial charge in [0.2, 0.25) is 0 Å². The van der Waals surface area contributed by atoms with Crippen LogP contribution in [-0.4, -0.2) is 27.5 Å². The Balaban J connectivity index is 4.41. The van der Waals surface area contributed by atoms with Gasteiger partial charge in [-0.2, -0.15) is 0 Å². The summed E-state index contributed by atoms with van der Waals surface area (Å²) in [6.45, 7) is 16.0. The van der Waals surface area contributed by atoms with Crippen molar-refractivity contribution in [1.82, 2.24) is 0 Å². The maximum Gasteiger partial charge on any atom is 0.124 e. The molecule has 1 nitrogen and oxygen atoms in total. The molecule has 80 valence electrons. The zero-order valence-electron chi connectivity index (χ0n) is 9.42. The summed E-state index contributed by atoms with van der Waals surface area (Å²) in [5.41, 5.74) is 6.07. The Morgan fingerprint density at radius 2 is 1.43 bits per heavy atom. The molecule has 3 heteroatoms. The number of hydrogen-bond donors (Lipinski definition) is 1. The Morgan fingerprint density at radius 1 is 1.00 bits per heavy atom. The molecular formula is C11H22OSi2. The van der Waals surface area contributed by atoms with Gasteiger partial charge in [0.05, 0.1) is 8.07 Å². The van der Waals surface area contributed by atoms with Gasteiger partial charge >= 0.3 is 0 Å². The van der Waals surface area contributed by atoms with Gasteiger partial charge in [-0.05, 0) is 6.04 Å². The maximum absolute atomic E-state index is 9.21. The van der Waals surface area contributed by atoms with E-state index in [1.165, 1.54) is 0 Å². The van der Waals surface area contributed by atoms with Crippen molar-refractivity contribution in [3.8, 4) is 0 Å². The summed E-state index contributed by atoms with van der Waals surface area (Å²) < 4.78 is 0. The van der Waals surface area contributed by atoms with Crippen LogP contribution in [0.3, 0.4) is 0 Å². The Kier molecular flexibility index (Phi) is 5.33. The SMILES string of the molecule is C=C[Si](C=C)(C=C)CC[Si](C)(C)CO. The zero-order valence-corrected chi connectivity index (χ0v) is 11.4. The molecule has 0 spiro atoms. The van der Waals surface area contributed by atoms with E-state index in [-0.39, 0.29) is 0 Å². The second-order valence-electron chi connectivity index (χ2n) is 4.55. The van der Waals surface area contributed by atoms with Gasteiger partial charge < -0.3 is 5.11 Å². The molecule has 0 aromatic carbocycles. The van der Waals surface area contributed by atoms with Gasteiger partial charge in [-0.15, -0.1) is 19.7 Å². The van der Waals surface area contributed by atoms with E-state index in [0.717, 1.165) is 12.1 Å². The van der Waals surface area contributed by atoms with Crippen LogP contribution in [0.5, 0.6) is 0 Å². The average molecular weight is 226 g/mol. The van der Waals surface area contributed by atoms with Crippen molar-refractivity contribution < 1.29 is 5.11 Å². The highest BCUT2D eigenvalue weighted by molar-refractivity contribution is 6.94. The van der Waals surface area contributed by atoms with Crippen LogP contribution in [0.4, 0.5) is 0 Å². The van der Waals surface area contributed by atoms with Crippen LogP contribution in [0.2, 0.25) is 25.2 Å². The average Bonchev–Trinajstić information content (AvgIpc) is 2.21. The predicted octanol–water partition coefficient (Wildman–Crippen LogP) is 2.85. The molecule has 0 aliphatic rings. The summed E-state index contributed by atoms with van der Waals surface area (Å²) >= 11 is 0. The standard InChI is InChI=1S/C11H22OSi2/c1-6-14(7-2,8-3)10-9-13(4,5)11-12/h6-8,12H,1-3,9-11H2,4-5H3. The fraction of sp³-hybridized carbons (Fsp3) is 0.455. The van der Waals surface area contributed by atoms with E-state index in [4.69, 9.17) is 0 Å². The largest absolute Gasteiger partial charge is 0.400 e. The molecule has 0 bridgehead atoms. The number of rotatable bonds is 7. The first-order valence-corrected chi connectivity index (χ1v) is 10.8. The Hall–Kier alpha value is -0.386. The molecule has 0 radical (unpaired) electrons. The van der Waals surface area contributed by atoms with Gasteiger partial charge in [-0.1, -0.05) is 36.2 Å². The van der Waals surface area contributed by atoms with Crippen molar-refractivity contribution in [1.29, 1.82) is 0 Å². The first-order valence-electron chi connectivity index (χ1n) is 4.97. The summed E-state index contributed by atoms with van der Waals surface area (Å²) in [4.78, 5) is 0. The third kappa shape index (κ3) is 3.78. The van der Waals surface area contributed by atoms with Gasteiger partial charge in [-0.3, -0.25) is 0 Å². The molecular weight excluding hydrogens is 204 g/mol. The first-order chi connectivity index (χ1) is 6.45.